The Kier molecular flexibility index (Phi) is 7.04. The maximum atomic E-state index is 12.7. The number of rotatable bonds is 4. The molecule has 0 aromatic carbocycles. The molecule has 1 aromatic rings. The van der Waals surface area contributed by atoms with Crippen LogP contribution in [0.4, 0.5) is 0 Å². The fourth-order valence-electron chi connectivity index (χ4n) is 3.91. The van der Waals surface area contributed by atoms with Crippen molar-refractivity contribution in [3.63, 3.8) is 0 Å². The molecule has 2 aliphatic rings. The predicted molar refractivity (Wildman–Crippen MR) is 96.5 cm³/mol. The van der Waals surface area contributed by atoms with Gasteiger partial charge in [-0.05, 0) is 57.5 Å². The molecule has 2 fully saturated rings. The summed E-state index contributed by atoms with van der Waals surface area (Å²) in [7, 11) is 1.92. The zero-order valence-corrected chi connectivity index (χ0v) is 15.6. The molecule has 7 heteroatoms. The molecule has 24 heavy (non-hydrogen) atoms. The summed E-state index contributed by atoms with van der Waals surface area (Å²) in [6.45, 7) is 4.28. The van der Waals surface area contributed by atoms with E-state index in [1.54, 1.807) is 0 Å². The molecule has 1 aliphatic heterocycles. The quantitative estimate of drug-likeness (QED) is 0.901. The smallest absolute Gasteiger partial charge is 0.276 e. The molecule has 1 amide bonds. The number of hydrogen-bond donors (Lipinski definition) is 1. The van der Waals surface area contributed by atoms with Crippen molar-refractivity contribution in [2.45, 2.75) is 64.0 Å². The minimum absolute atomic E-state index is 0. The first-order valence-corrected chi connectivity index (χ1v) is 9.08. The van der Waals surface area contributed by atoms with Crippen molar-refractivity contribution in [2.24, 2.45) is 5.92 Å². The number of amides is 1. The Labute approximate surface area is 150 Å². The van der Waals surface area contributed by atoms with Gasteiger partial charge in [0.25, 0.3) is 5.91 Å². The van der Waals surface area contributed by atoms with Gasteiger partial charge in [-0.3, -0.25) is 4.79 Å². The minimum Gasteiger partial charge on any atom is -0.337 e. The number of halogens is 1. The largest absolute Gasteiger partial charge is 0.337 e. The van der Waals surface area contributed by atoms with E-state index < -0.39 is 0 Å². The molecule has 1 aromatic heterocycles. The molecule has 136 valence electrons. The van der Waals surface area contributed by atoms with Crippen LogP contribution in [-0.4, -0.2) is 52.0 Å². The van der Waals surface area contributed by atoms with Crippen molar-refractivity contribution in [3.8, 4) is 0 Å². The van der Waals surface area contributed by atoms with Gasteiger partial charge in [-0.2, -0.15) is 0 Å². The number of carbonyl (C=O) groups is 1. The van der Waals surface area contributed by atoms with Gasteiger partial charge in [0.2, 0.25) is 0 Å². The zero-order chi connectivity index (χ0) is 16.2. The maximum Gasteiger partial charge on any atom is 0.276 e. The standard InChI is InChI=1S/C17H29N5O.ClH/c1-3-13-4-6-14(7-5-13)21(2)17(23)16-12-22(20-19-16)15-8-10-18-11-9-15;/h12-15,18H,3-11H2,1-2H3;1H. The lowest BCUT2D eigenvalue weighted by molar-refractivity contribution is 0.0668. The summed E-state index contributed by atoms with van der Waals surface area (Å²) >= 11 is 0. The Morgan fingerprint density at radius 1 is 1.25 bits per heavy atom. The highest BCUT2D eigenvalue weighted by atomic mass is 35.5. The summed E-state index contributed by atoms with van der Waals surface area (Å²) in [6.07, 6.45) is 9.90. The number of piperidine rings is 1. The lowest BCUT2D eigenvalue weighted by Crippen LogP contribution is -2.39. The van der Waals surface area contributed by atoms with E-state index in [-0.39, 0.29) is 18.3 Å². The molecule has 1 aliphatic carbocycles. The third-order valence-corrected chi connectivity index (χ3v) is 5.67. The molecular formula is C17H30ClN5O. The topological polar surface area (TPSA) is 63.1 Å². The van der Waals surface area contributed by atoms with E-state index in [0.29, 0.717) is 17.8 Å². The van der Waals surface area contributed by atoms with E-state index >= 15 is 0 Å². The van der Waals surface area contributed by atoms with E-state index in [4.69, 9.17) is 0 Å². The number of nitrogens with zero attached hydrogens (tertiary/aromatic N) is 4. The van der Waals surface area contributed by atoms with Crippen molar-refractivity contribution < 1.29 is 4.79 Å². The van der Waals surface area contributed by atoms with Crippen LogP contribution in [-0.2, 0) is 0 Å². The van der Waals surface area contributed by atoms with Gasteiger partial charge in [0, 0.05) is 13.1 Å². The van der Waals surface area contributed by atoms with Gasteiger partial charge in [-0.15, -0.1) is 17.5 Å². The highest BCUT2D eigenvalue weighted by Crippen LogP contribution is 2.29. The SMILES string of the molecule is CCC1CCC(N(C)C(=O)c2cn(C3CCNCC3)nn2)CC1.Cl. The molecule has 0 radical (unpaired) electrons. The molecule has 1 saturated carbocycles. The Morgan fingerprint density at radius 3 is 2.54 bits per heavy atom. The van der Waals surface area contributed by atoms with Crippen LogP contribution in [0.1, 0.15) is 68.4 Å². The van der Waals surface area contributed by atoms with Crippen LogP contribution in [0.2, 0.25) is 0 Å². The Morgan fingerprint density at radius 2 is 1.92 bits per heavy atom. The average Bonchev–Trinajstić information content (AvgIpc) is 3.11. The molecule has 0 spiro atoms. The van der Waals surface area contributed by atoms with Gasteiger partial charge in [-0.1, -0.05) is 18.6 Å². The van der Waals surface area contributed by atoms with Crippen molar-refractivity contribution >= 4 is 18.3 Å². The summed E-state index contributed by atoms with van der Waals surface area (Å²) in [5.41, 5.74) is 0.489. The van der Waals surface area contributed by atoms with Gasteiger partial charge in [0.15, 0.2) is 5.69 Å². The fraction of sp³-hybridized carbons (Fsp3) is 0.824. The number of carbonyl (C=O) groups excluding carboxylic acids is 1. The van der Waals surface area contributed by atoms with Gasteiger partial charge in [0.1, 0.15) is 0 Å². The first-order valence-electron chi connectivity index (χ1n) is 9.08. The third kappa shape index (κ3) is 4.28. The number of hydrogen-bond acceptors (Lipinski definition) is 4. The van der Waals surface area contributed by atoms with Crippen LogP contribution in [0, 0.1) is 5.92 Å². The van der Waals surface area contributed by atoms with Crippen LogP contribution >= 0.6 is 12.4 Å². The average molecular weight is 356 g/mol. The van der Waals surface area contributed by atoms with Crippen LogP contribution in [0.3, 0.4) is 0 Å². The molecule has 2 heterocycles. The summed E-state index contributed by atoms with van der Waals surface area (Å²) in [5.74, 6) is 0.862. The fourth-order valence-corrected chi connectivity index (χ4v) is 3.91. The highest BCUT2D eigenvalue weighted by Gasteiger charge is 2.28. The van der Waals surface area contributed by atoms with E-state index in [9.17, 15) is 4.79 Å². The van der Waals surface area contributed by atoms with Gasteiger partial charge in [0.05, 0.1) is 12.2 Å². The molecule has 0 unspecified atom stereocenters. The number of nitrogens with one attached hydrogen (secondary N) is 1. The van der Waals surface area contributed by atoms with Crippen LogP contribution < -0.4 is 5.32 Å². The van der Waals surface area contributed by atoms with E-state index in [1.807, 2.05) is 22.8 Å². The normalized spacial score (nSPS) is 25.1. The second-order valence-corrected chi connectivity index (χ2v) is 7.06. The van der Waals surface area contributed by atoms with E-state index in [2.05, 4.69) is 22.6 Å². The third-order valence-electron chi connectivity index (χ3n) is 5.67. The summed E-state index contributed by atoms with van der Waals surface area (Å²) in [4.78, 5) is 14.6. The Balaban J connectivity index is 0.00000208. The number of aromatic nitrogens is 3. The minimum atomic E-state index is 0. The zero-order valence-electron chi connectivity index (χ0n) is 14.8. The van der Waals surface area contributed by atoms with Gasteiger partial charge >= 0.3 is 0 Å². The van der Waals surface area contributed by atoms with Crippen molar-refractivity contribution in [1.82, 2.24) is 25.2 Å². The van der Waals surface area contributed by atoms with Gasteiger partial charge < -0.3 is 10.2 Å². The van der Waals surface area contributed by atoms with Crippen LogP contribution in [0.15, 0.2) is 6.20 Å². The summed E-state index contributed by atoms with van der Waals surface area (Å²) in [6, 6.07) is 0.727. The first kappa shape index (κ1) is 19.2. The van der Waals surface area contributed by atoms with Crippen molar-refractivity contribution in [2.75, 3.05) is 20.1 Å². The van der Waals surface area contributed by atoms with Crippen LogP contribution in [0.25, 0.3) is 0 Å². The first-order chi connectivity index (χ1) is 11.2. The highest BCUT2D eigenvalue weighted by molar-refractivity contribution is 5.91. The summed E-state index contributed by atoms with van der Waals surface area (Å²) < 4.78 is 1.88. The lowest BCUT2D eigenvalue weighted by Gasteiger charge is -2.34. The molecule has 1 N–H and O–H groups in total. The molecule has 6 nitrogen and oxygen atoms in total. The molecule has 1 saturated heterocycles. The van der Waals surface area contributed by atoms with Gasteiger partial charge in [-0.25, -0.2) is 4.68 Å². The molecule has 0 bridgehead atoms. The molecule has 3 rings (SSSR count). The monoisotopic (exact) mass is 355 g/mol. The lowest BCUT2D eigenvalue weighted by atomic mass is 9.84. The van der Waals surface area contributed by atoms with Crippen LogP contribution in [0.5, 0.6) is 0 Å². The molecular weight excluding hydrogens is 326 g/mol. The van der Waals surface area contributed by atoms with E-state index in [0.717, 1.165) is 44.7 Å². The van der Waals surface area contributed by atoms with Crippen molar-refractivity contribution in [3.05, 3.63) is 11.9 Å². The Hall–Kier alpha value is -1.14. The second kappa shape index (κ2) is 8.81. The predicted octanol–water partition coefficient (Wildman–Crippen LogP) is 2.67. The second-order valence-electron chi connectivity index (χ2n) is 7.06. The summed E-state index contributed by atoms with van der Waals surface area (Å²) in [5, 5.41) is 11.7. The molecule has 0 atom stereocenters. The Bertz CT molecular complexity index is 521. The maximum absolute atomic E-state index is 12.7. The van der Waals surface area contributed by atoms with Crippen molar-refractivity contribution in [1.29, 1.82) is 0 Å². The van der Waals surface area contributed by atoms with E-state index in [1.165, 1.54) is 19.3 Å².